The molecule has 104 valence electrons. The second-order valence-corrected chi connectivity index (χ2v) is 4.90. The Morgan fingerprint density at radius 2 is 2.16 bits per heavy atom. The number of rotatable bonds is 5. The molecule has 1 atom stereocenters. The summed E-state index contributed by atoms with van der Waals surface area (Å²) in [5, 5.41) is 13.5. The van der Waals surface area contributed by atoms with Gasteiger partial charge in [0.15, 0.2) is 0 Å². The minimum Gasteiger partial charge on any atom is -0.319 e. The Hall–Kier alpha value is -1.95. The summed E-state index contributed by atoms with van der Waals surface area (Å²) >= 11 is 0. The Morgan fingerprint density at radius 1 is 1.53 bits per heavy atom. The summed E-state index contributed by atoms with van der Waals surface area (Å²) in [5.41, 5.74) is 5.67. The Balaban J connectivity index is 3.00. The van der Waals surface area contributed by atoms with Gasteiger partial charge in [-0.05, 0) is 31.9 Å². The molecule has 0 heterocycles. The number of hydrogen-bond donors (Lipinski definition) is 2. The standard InChI is InChI=1S/C13H19N3O3/c1-4-7-13(3,14)12(17)15-10-6-5-9(2)8-11(10)16(18)19/h5-6,8H,4,7,14H2,1-3H3,(H,15,17). The van der Waals surface area contributed by atoms with Crippen LogP contribution in [0.3, 0.4) is 0 Å². The van der Waals surface area contributed by atoms with Gasteiger partial charge in [-0.1, -0.05) is 19.4 Å². The van der Waals surface area contributed by atoms with E-state index in [1.165, 1.54) is 12.1 Å². The van der Waals surface area contributed by atoms with E-state index in [1.54, 1.807) is 19.9 Å². The molecule has 0 aromatic heterocycles. The number of aryl methyl sites for hydroxylation is 1. The van der Waals surface area contributed by atoms with Crippen molar-refractivity contribution in [3.05, 3.63) is 33.9 Å². The number of benzene rings is 1. The summed E-state index contributed by atoms with van der Waals surface area (Å²) in [6, 6.07) is 4.65. The highest BCUT2D eigenvalue weighted by atomic mass is 16.6. The molecule has 6 heteroatoms. The van der Waals surface area contributed by atoms with Crippen LogP contribution in [0.4, 0.5) is 11.4 Å². The number of anilines is 1. The van der Waals surface area contributed by atoms with Crippen molar-refractivity contribution in [1.29, 1.82) is 0 Å². The molecule has 6 nitrogen and oxygen atoms in total. The van der Waals surface area contributed by atoms with Crippen LogP contribution in [-0.4, -0.2) is 16.4 Å². The van der Waals surface area contributed by atoms with Crippen LogP contribution in [0.5, 0.6) is 0 Å². The van der Waals surface area contributed by atoms with E-state index in [0.29, 0.717) is 6.42 Å². The van der Waals surface area contributed by atoms with E-state index in [1.807, 2.05) is 6.92 Å². The summed E-state index contributed by atoms with van der Waals surface area (Å²) in [4.78, 5) is 22.5. The first-order chi connectivity index (χ1) is 8.77. The van der Waals surface area contributed by atoms with Crippen molar-refractivity contribution in [3.63, 3.8) is 0 Å². The van der Waals surface area contributed by atoms with Crippen molar-refractivity contribution in [3.8, 4) is 0 Å². The van der Waals surface area contributed by atoms with Crippen molar-refractivity contribution in [2.75, 3.05) is 5.32 Å². The fraction of sp³-hybridized carbons (Fsp3) is 0.462. The third-order valence-electron chi connectivity index (χ3n) is 2.89. The highest BCUT2D eigenvalue weighted by Gasteiger charge is 2.29. The fourth-order valence-corrected chi connectivity index (χ4v) is 1.80. The van der Waals surface area contributed by atoms with Crippen LogP contribution in [0.15, 0.2) is 18.2 Å². The van der Waals surface area contributed by atoms with Gasteiger partial charge in [0.2, 0.25) is 5.91 Å². The largest absolute Gasteiger partial charge is 0.319 e. The maximum absolute atomic E-state index is 12.0. The summed E-state index contributed by atoms with van der Waals surface area (Å²) in [6.07, 6.45) is 1.27. The summed E-state index contributed by atoms with van der Waals surface area (Å²) in [6.45, 7) is 5.29. The van der Waals surface area contributed by atoms with Crippen molar-refractivity contribution in [2.45, 2.75) is 39.2 Å². The zero-order valence-electron chi connectivity index (χ0n) is 11.4. The lowest BCUT2D eigenvalue weighted by molar-refractivity contribution is -0.384. The Kier molecular flexibility index (Phi) is 4.61. The van der Waals surface area contributed by atoms with Gasteiger partial charge < -0.3 is 11.1 Å². The quantitative estimate of drug-likeness (QED) is 0.630. The number of hydrogen-bond acceptors (Lipinski definition) is 4. The number of nitrogens with one attached hydrogen (secondary N) is 1. The highest BCUT2D eigenvalue weighted by Crippen LogP contribution is 2.26. The van der Waals surface area contributed by atoms with Gasteiger partial charge in [-0.25, -0.2) is 0 Å². The zero-order chi connectivity index (χ0) is 14.6. The molecular formula is C13H19N3O3. The van der Waals surface area contributed by atoms with E-state index in [2.05, 4.69) is 5.32 Å². The van der Waals surface area contributed by atoms with E-state index >= 15 is 0 Å². The fourth-order valence-electron chi connectivity index (χ4n) is 1.80. The second kappa shape index (κ2) is 5.79. The lowest BCUT2D eigenvalue weighted by Crippen LogP contribution is -2.48. The van der Waals surface area contributed by atoms with Crippen LogP contribution in [-0.2, 0) is 4.79 Å². The molecule has 1 aromatic rings. The summed E-state index contributed by atoms with van der Waals surface area (Å²) < 4.78 is 0. The predicted molar refractivity (Wildman–Crippen MR) is 74.0 cm³/mol. The zero-order valence-corrected chi connectivity index (χ0v) is 11.4. The number of nitro benzene ring substituents is 1. The molecular weight excluding hydrogens is 246 g/mol. The van der Waals surface area contributed by atoms with E-state index in [-0.39, 0.29) is 11.4 Å². The molecule has 19 heavy (non-hydrogen) atoms. The smallest absolute Gasteiger partial charge is 0.293 e. The topological polar surface area (TPSA) is 98.3 Å². The molecule has 0 aliphatic rings. The number of carbonyl (C=O) groups excluding carboxylic acids is 1. The lowest BCUT2D eigenvalue weighted by Gasteiger charge is -2.22. The molecule has 0 spiro atoms. The minimum atomic E-state index is -1.03. The van der Waals surface area contributed by atoms with Gasteiger partial charge in [-0.2, -0.15) is 0 Å². The third kappa shape index (κ3) is 3.75. The molecule has 0 aliphatic heterocycles. The minimum absolute atomic E-state index is 0.124. The van der Waals surface area contributed by atoms with Crippen LogP contribution < -0.4 is 11.1 Å². The average molecular weight is 265 g/mol. The molecule has 1 rings (SSSR count). The van der Waals surface area contributed by atoms with E-state index in [9.17, 15) is 14.9 Å². The maximum Gasteiger partial charge on any atom is 0.293 e. The highest BCUT2D eigenvalue weighted by molar-refractivity contribution is 5.99. The van der Waals surface area contributed by atoms with Gasteiger partial charge in [-0.15, -0.1) is 0 Å². The first-order valence-electron chi connectivity index (χ1n) is 6.13. The van der Waals surface area contributed by atoms with E-state index < -0.39 is 16.4 Å². The first-order valence-corrected chi connectivity index (χ1v) is 6.13. The number of carbonyl (C=O) groups is 1. The summed E-state index contributed by atoms with van der Waals surface area (Å²) in [7, 11) is 0. The van der Waals surface area contributed by atoms with Crippen LogP contribution >= 0.6 is 0 Å². The van der Waals surface area contributed by atoms with Crippen LogP contribution in [0.1, 0.15) is 32.3 Å². The van der Waals surface area contributed by atoms with Crippen molar-refractivity contribution in [2.24, 2.45) is 5.73 Å². The van der Waals surface area contributed by atoms with Gasteiger partial charge in [0.1, 0.15) is 5.69 Å². The molecule has 1 aromatic carbocycles. The van der Waals surface area contributed by atoms with Crippen molar-refractivity contribution in [1.82, 2.24) is 0 Å². The second-order valence-electron chi connectivity index (χ2n) is 4.90. The van der Waals surface area contributed by atoms with Crippen LogP contribution in [0, 0.1) is 17.0 Å². The number of nitro groups is 1. The first kappa shape index (κ1) is 15.1. The number of nitrogens with two attached hydrogens (primary N) is 1. The molecule has 0 bridgehead atoms. The summed E-state index contributed by atoms with van der Waals surface area (Å²) in [5.74, 6) is -0.415. The molecule has 0 fully saturated rings. The average Bonchev–Trinajstić information content (AvgIpc) is 2.30. The maximum atomic E-state index is 12.0. The Morgan fingerprint density at radius 3 is 2.68 bits per heavy atom. The van der Waals surface area contributed by atoms with E-state index in [4.69, 9.17) is 5.73 Å². The molecule has 0 radical (unpaired) electrons. The molecule has 1 unspecified atom stereocenters. The molecule has 0 saturated heterocycles. The van der Waals surface area contributed by atoms with Crippen molar-refractivity contribution >= 4 is 17.3 Å². The Bertz CT molecular complexity index is 498. The van der Waals surface area contributed by atoms with Gasteiger partial charge in [0.05, 0.1) is 10.5 Å². The SMILES string of the molecule is CCCC(C)(N)C(=O)Nc1ccc(C)cc1[N+](=O)[O-]. The number of nitrogens with zero attached hydrogens (tertiary/aromatic N) is 1. The van der Waals surface area contributed by atoms with Crippen LogP contribution in [0.2, 0.25) is 0 Å². The molecule has 3 N–H and O–H groups in total. The van der Waals surface area contributed by atoms with Crippen molar-refractivity contribution < 1.29 is 9.72 Å². The predicted octanol–water partition coefficient (Wildman–Crippen LogP) is 2.36. The van der Waals surface area contributed by atoms with Gasteiger partial charge >= 0.3 is 0 Å². The van der Waals surface area contributed by atoms with Gasteiger partial charge in [0, 0.05) is 6.07 Å². The molecule has 0 aliphatic carbocycles. The normalized spacial score (nSPS) is 13.7. The van der Waals surface area contributed by atoms with Gasteiger partial charge in [0.25, 0.3) is 5.69 Å². The van der Waals surface area contributed by atoms with Crippen LogP contribution in [0.25, 0.3) is 0 Å². The third-order valence-corrected chi connectivity index (χ3v) is 2.89. The number of amides is 1. The van der Waals surface area contributed by atoms with E-state index in [0.717, 1.165) is 12.0 Å². The lowest BCUT2D eigenvalue weighted by atomic mass is 9.96. The van der Waals surface area contributed by atoms with Gasteiger partial charge in [-0.3, -0.25) is 14.9 Å². The monoisotopic (exact) mass is 265 g/mol. The molecule has 1 amide bonds. The molecule has 0 saturated carbocycles. The Labute approximate surface area is 112 Å².